The number of thioether (sulfide) groups is 1. The van der Waals surface area contributed by atoms with Gasteiger partial charge in [-0.05, 0) is 29.8 Å². The zero-order chi connectivity index (χ0) is 21.2. The van der Waals surface area contributed by atoms with Gasteiger partial charge >= 0.3 is 0 Å². The Labute approximate surface area is 182 Å². The number of carbonyl (C=O) groups is 1. The number of aromatic nitrogens is 3. The highest BCUT2D eigenvalue weighted by Gasteiger charge is 2.38. The fourth-order valence-corrected chi connectivity index (χ4v) is 4.57. The van der Waals surface area contributed by atoms with Gasteiger partial charge in [0, 0.05) is 11.3 Å². The van der Waals surface area contributed by atoms with Crippen molar-refractivity contribution in [2.75, 3.05) is 10.7 Å². The maximum Gasteiger partial charge on any atom is 0.240 e. The van der Waals surface area contributed by atoms with Gasteiger partial charge < -0.3 is 10.7 Å². The minimum atomic E-state index is -0.507. The second-order valence-corrected chi connectivity index (χ2v) is 8.17. The molecule has 2 N–H and O–H groups in total. The predicted molar refractivity (Wildman–Crippen MR) is 119 cm³/mol. The van der Waals surface area contributed by atoms with E-state index in [1.807, 2.05) is 65.3 Å². The summed E-state index contributed by atoms with van der Waals surface area (Å²) >= 11 is 1.35. The van der Waals surface area contributed by atoms with Crippen LogP contribution in [0.5, 0.6) is 0 Å². The molecule has 0 aliphatic carbocycles. The fourth-order valence-electron chi connectivity index (χ4n) is 3.49. The first kappa shape index (κ1) is 19.3. The zero-order valence-corrected chi connectivity index (χ0v) is 17.1. The van der Waals surface area contributed by atoms with Gasteiger partial charge in [0.25, 0.3) is 0 Å². The van der Waals surface area contributed by atoms with E-state index in [1.165, 1.54) is 23.9 Å². The summed E-state index contributed by atoms with van der Waals surface area (Å²) in [5.41, 5.74) is 5.87. The molecule has 0 saturated carbocycles. The van der Waals surface area contributed by atoms with Crippen LogP contribution in [-0.2, 0) is 4.79 Å². The van der Waals surface area contributed by atoms with E-state index < -0.39 is 5.25 Å². The highest BCUT2D eigenvalue weighted by molar-refractivity contribution is 8.00. The van der Waals surface area contributed by atoms with Gasteiger partial charge in [0.1, 0.15) is 11.1 Å². The van der Waals surface area contributed by atoms with Crippen molar-refractivity contribution in [2.24, 2.45) is 0 Å². The second kappa shape index (κ2) is 8.23. The predicted octanol–water partition coefficient (Wildman–Crippen LogP) is 4.48. The average molecular weight is 431 g/mol. The van der Waals surface area contributed by atoms with Crippen molar-refractivity contribution >= 4 is 23.4 Å². The summed E-state index contributed by atoms with van der Waals surface area (Å²) in [6, 6.07) is 25.0. The third-order valence-electron chi connectivity index (χ3n) is 5.00. The number of nitrogens with one attached hydrogen (secondary N) is 2. The number of amides is 1. The first-order valence-electron chi connectivity index (χ1n) is 9.74. The Hall–Kier alpha value is -3.65. The van der Waals surface area contributed by atoms with Gasteiger partial charge in [0.05, 0.1) is 6.04 Å². The molecule has 1 aromatic heterocycles. The molecular weight excluding hydrogens is 413 g/mol. The lowest BCUT2D eigenvalue weighted by atomic mass is 10.0. The number of halogens is 1. The standard InChI is InChI=1S/C23H18FN5OS/c24-17-11-13-18(14-12-17)25-22(30)20-19(15-7-3-1-4-8-15)28-29-21(26-27-23(29)31-20)16-9-5-2-6-10-16/h1-14,19-20,28H,(H,25,30). The maximum atomic E-state index is 13.2. The van der Waals surface area contributed by atoms with Crippen LogP contribution in [0.25, 0.3) is 11.4 Å². The molecule has 1 aliphatic heterocycles. The van der Waals surface area contributed by atoms with Gasteiger partial charge in [-0.3, -0.25) is 4.79 Å². The number of anilines is 1. The van der Waals surface area contributed by atoms with Crippen LogP contribution in [0.3, 0.4) is 0 Å². The first-order chi connectivity index (χ1) is 15.2. The van der Waals surface area contributed by atoms with Crippen molar-refractivity contribution in [1.29, 1.82) is 0 Å². The number of nitrogens with zero attached hydrogens (tertiary/aromatic N) is 3. The Morgan fingerprint density at radius 3 is 2.32 bits per heavy atom. The van der Waals surface area contributed by atoms with E-state index in [4.69, 9.17) is 0 Å². The van der Waals surface area contributed by atoms with Gasteiger partial charge in [-0.2, -0.15) is 0 Å². The Morgan fingerprint density at radius 1 is 0.935 bits per heavy atom. The SMILES string of the molecule is O=C(Nc1ccc(F)cc1)C1Sc2nnc(-c3ccccc3)n2NC1c1ccccc1. The molecular formula is C23H18FN5OS. The van der Waals surface area contributed by atoms with Crippen LogP contribution in [0.2, 0.25) is 0 Å². The molecule has 0 bridgehead atoms. The summed E-state index contributed by atoms with van der Waals surface area (Å²) in [6.45, 7) is 0. The van der Waals surface area contributed by atoms with Crippen molar-refractivity contribution in [3.05, 3.63) is 96.3 Å². The van der Waals surface area contributed by atoms with Gasteiger partial charge in [-0.25, -0.2) is 9.07 Å². The summed E-state index contributed by atoms with van der Waals surface area (Å²) in [4.78, 5) is 13.2. The minimum absolute atomic E-state index is 0.200. The average Bonchev–Trinajstić information content (AvgIpc) is 3.24. The highest BCUT2D eigenvalue weighted by Crippen LogP contribution is 2.38. The molecule has 5 rings (SSSR count). The van der Waals surface area contributed by atoms with Gasteiger partial charge in [0.15, 0.2) is 5.82 Å². The van der Waals surface area contributed by atoms with E-state index in [0.29, 0.717) is 16.7 Å². The zero-order valence-electron chi connectivity index (χ0n) is 16.3. The third kappa shape index (κ3) is 3.89. The lowest BCUT2D eigenvalue weighted by Gasteiger charge is -2.33. The molecule has 0 spiro atoms. The molecule has 2 heterocycles. The van der Waals surface area contributed by atoms with Crippen molar-refractivity contribution in [3.63, 3.8) is 0 Å². The minimum Gasteiger partial charge on any atom is -0.325 e. The molecule has 154 valence electrons. The van der Waals surface area contributed by atoms with Crippen molar-refractivity contribution in [3.8, 4) is 11.4 Å². The number of rotatable bonds is 4. The highest BCUT2D eigenvalue weighted by atomic mass is 32.2. The van der Waals surface area contributed by atoms with E-state index in [0.717, 1.165) is 11.1 Å². The molecule has 0 radical (unpaired) electrons. The Balaban J connectivity index is 1.50. The van der Waals surface area contributed by atoms with Crippen molar-refractivity contribution < 1.29 is 9.18 Å². The Bertz CT molecular complexity index is 1200. The second-order valence-electron chi connectivity index (χ2n) is 7.06. The lowest BCUT2D eigenvalue weighted by molar-refractivity contribution is -0.116. The molecule has 0 saturated heterocycles. The van der Waals surface area contributed by atoms with Crippen LogP contribution in [0, 0.1) is 5.82 Å². The van der Waals surface area contributed by atoms with Crippen LogP contribution in [0.15, 0.2) is 90.1 Å². The molecule has 6 nitrogen and oxygen atoms in total. The molecule has 2 atom stereocenters. The quantitative estimate of drug-likeness (QED) is 0.498. The smallest absolute Gasteiger partial charge is 0.240 e. The largest absolute Gasteiger partial charge is 0.325 e. The van der Waals surface area contributed by atoms with Crippen LogP contribution in [0.1, 0.15) is 11.6 Å². The first-order valence-corrected chi connectivity index (χ1v) is 10.6. The normalized spacial score (nSPS) is 17.5. The summed E-state index contributed by atoms with van der Waals surface area (Å²) in [5.74, 6) is 0.130. The number of hydrogen-bond donors (Lipinski definition) is 2. The number of carbonyl (C=O) groups excluding carboxylic acids is 1. The van der Waals surface area contributed by atoms with Gasteiger partial charge in [-0.1, -0.05) is 72.4 Å². The number of benzene rings is 3. The number of hydrogen-bond acceptors (Lipinski definition) is 5. The third-order valence-corrected chi connectivity index (χ3v) is 6.21. The van der Waals surface area contributed by atoms with Crippen LogP contribution < -0.4 is 10.7 Å². The molecule has 2 unspecified atom stereocenters. The molecule has 0 fully saturated rings. The van der Waals surface area contributed by atoms with Gasteiger partial charge in [-0.15, -0.1) is 10.2 Å². The van der Waals surface area contributed by atoms with E-state index in [2.05, 4.69) is 20.9 Å². The monoisotopic (exact) mass is 431 g/mol. The summed E-state index contributed by atoms with van der Waals surface area (Å²) < 4.78 is 15.1. The van der Waals surface area contributed by atoms with Crippen LogP contribution >= 0.6 is 11.8 Å². The molecule has 8 heteroatoms. The Morgan fingerprint density at radius 2 is 1.61 bits per heavy atom. The van der Waals surface area contributed by atoms with E-state index in [-0.39, 0.29) is 17.8 Å². The molecule has 1 amide bonds. The summed E-state index contributed by atoms with van der Waals surface area (Å²) in [6.07, 6.45) is 0. The topological polar surface area (TPSA) is 71.8 Å². The molecule has 31 heavy (non-hydrogen) atoms. The van der Waals surface area contributed by atoms with Gasteiger partial charge in [0.2, 0.25) is 11.1 Å². The Kier molecular flexibility index (Phi) is 5.13. The molecule has 3 aromatic carbocycles. The van der Waals surface area contributed by atoms with E-state index in [9.17, 15) is 9.18 Å². The maximum absolute atomic E-state index is 13.2. The van der Waals surface area contributed by atoms with E-state index in [1.54, 1.807) is 12.1 Å². The molecule has 4 aromatic rings. The van der Waals surface area contributed by atoms with Crippen molar-refractivity contribution in [1.82, 2.24) is 14.9 Å². The van der Waals surface area contributed by atoms with Crippen molar-refractivity contribution in [2.45, 2.75) is 16.4 Å². The summed E-state index contributed by atoms with van der Waals surface area (Å²) in [5, 5.41) is 11.6. The van der Waals surface area contributed by atoms with Crippen LogP contribution in [-0.4, -0.2) is 26.0 Å². The van der Waals surface area contributed by atoms with E-state index >= 15 is 0 Å². The fraction of sp³-hybridized carbons (Fsp3) is 0.0870. The molecule has 1 aliphatic rings. The number of fused-ring (bicyclic) bond motifs is 1. The summed E-state index contributed by atoms with van der Waals surface area (Å²) in [7, 11) is 0. The van der Waals surface area contributed by atoms with Crippen LogP contribution in [0.4, 0.5) is 10.1 Å². The lowest BCUT2D eigenvalue weighted by Crippen LogP contribution is -2.41.